The van der Waals surface area contributed by atoms with Crippen molar-refractivity contribution < 1.29 is 0 Å². The van der Waals surface area contributed by atoms with Crippen LogP contribution in [0.2, 0.25) is 0 Å². The first-order chi connectivity index (χ1) is 8.68. The molecular formula is C14H17ClN2S. The van der Waals surface area contributed by atoms with Crippen molar-refractivity contribution in [3.63, 3.8) is 0 Å². The molecular weight excluding hydrogens is 264 g/mol. The van der Waals surface area contributed by atoms with Gasteiger partial charge in [0.2, 0.25) is 0 Å². The Bertz CT molecular complexity index is 570. The number of aryl methyl sites for hydroxylation is 1. The van der Waals surface area contributed by atoms with Gasteiger partial charge in [0, 0.05) is 11.8 Å². The lowest BCUT2D eigenvalue weighted by Crippen LogP contribution is -2.12. The van der Waals surface area contributed by atoms with Gasteiger partial charge in [0.25, 0.3) is 0 Å². The van der Waals surface area contributed by atoms with Crippen molar-refractivity contribution in [3.05, 3.63) is 29.6 Å². The molecule has 4 heteroatoms. The normalized spacial score (nSPS) is 21.6. The minimum Gasteiger partial charge on any atom is -0.323 e. The molecule has 96 valence electrons. The minimum atomic E-state index is -0.0394. The first-order valence-electron chi connectivity index (χ1n) is 6.37. The number of nitrogens with zero attached hydrogens (tertiary/aromatic N) is 2. The molecule has 0 spiro atoms. The number of benzene rings is 1. The van der Waals surface area contributed by atoms with Crippen molar-refractivity contribution in [2.45, 2.75) is 31.7 Å². The summed E-state index contributed by atoms with van der Waals surface area (Å²) in [5.41, 5.74) is 3.64. The van der Waals surface area contributed by atoms with Crippen LogP contribution in [-0.4, -0.2) is 21.1 Å². The maximum atomic E-state index is 6.32. The van der Waals surface area contributed by atoms with Crippen molar-refractivity contribution in [2.75, 3.05) is 11.5 Å². The second-order valence-corrected chi connectivity index (χ2v) is 6.72. The largest absolute Gasteiger partial charge is 0.323 e. The van der Waals surface area contributed by atoms with E-state index in [2.05, 4.69) is 29.7 Å². The first kappa shape index (κ1) is 12.4. The van der Waals surface area contributed by atoms with Crippen LogP contribution in [0, 0.1) is 6.92 Å². The van der Waals surface area contributed by atoms with Gasteiger partial charge in [-0.25, -0.2) is 4.98 Å². The summed E-state index contributed by atoms with van der Waals surface area (Å²) >= 11 is 8.34. The van der Waals surface area contributed by atoms with Crippen LogP contribution in [0.15, 0.2) is 18.2 Å². The van der Waals surface area contributed by atoms with E-state index in [1.807, 2.05) is 18.7 Å². The number of thioether (sulfide) groups is 1. The van der Waals surface area contributed by atoms with Crippen LogP contribution in [0.1, 0.15) is 36.2 Å². The average Bonchev–Trinajstić information content (AvgIpc) is 2.95. The Hall–Kier alpha value is -0.670. The molecule has 2 aromatic rings. The topological polar surface area (TPSA) is 17.8 Å². The summed E-state index contributed by atoms with van der Waals surface area (Å²) in [7, 11) is 0. The van der Waals surface area contributed by atoms with E-state index in [0.717, 1.165) is 11.3 Å². The molecule has 0 aliphatic carbocycles. The fraction of sp³-hybridized carbons (Fsp3) is 0.500. The van der Waals surface area contributed by atoms with E-state index in [1.54, 1.807) is 0 Å². The molecule has 1 aliphatic rings. The van der Waals surface area contributed by atoms with Crippen LogP contribution in [0.25, 0.3) is 11.0 Å². The van der Waals surface area contributed by atoms with Crippen LogP contribution in [0.3, 0.4) is 0 Å². The van der Waals surface area contributed by atoms with Crippen molar-refractivity contribution in [2.24, 2.45) is 0 Å². The van der Waals surface area contributed by atoms with Gasteiger partial charge in [-0.15, -0.1) is 11.6 Å². The fourth-order valence-corrected chi connectivity index (χ4v) is 4.06. The molecule has 2 nitrogen and oxygen atoms in total. The summed E-state index contributed by atoms with van der Waals surface area (Å²) in [4.78, 5) is 4.74. The highest BCUT2D eigenvalue weighted by molar-refractivity contribution is 7.99. The van der Waals surface area contributed by atoms with Gasteiger partial charge >= 0.3 is 0 Å². The predicted octanol–water partition coefficient (Wildman–Crippen LogP) is 4.32. The van der Waals surface area contributed by atoms with Gasteiger partial charge in [0.1, 0.15) is 5.82 Å². The third-order valence-corrected chi connectivity index (χ3v) is 4.91. The van der Waals surface area contributed by atoms with Crippen LogP contribution < -0.4 is 0 Å². The highest BCUT2D eigenvalue weighted by Gasteiger charge is 2.25. The summed E-state index contributed by atoms with van der Waals surface area (Å²) in [5.74, 6) is 3.44. The van der Waals surface area contributed by atoms with Gasteiger partial charge in [-0.3, -0.25) is 0 Å². The van der Waals surface area contributed by atoms with Crippen molar-refractivity contribution in [3.8, 4) is 0 Å². The number of imidazole rings is 1. The van der Waals surface area contributed by atoms with E-state index in [1.165, 1.54) is 29.0 Å². The van der Waals surface area contributed by atoms with E-state index in [9.17, 15) is 0 Å². The maximum Gasteiger partial charge on any atom is 0.128 e. The van der Waals surface area contributed by atoms with E-state index < -0.39 is 0 Å². The number of fused-ring (bicyclic) bond motifs is 1. The zero-order chi connectivity index (χ0) is 12.7. The minimum absolute atomic E-state index is 0.0394. The van der Waals surface area contributed by atoms with Gasteiger partial charge in [-0.2, -0.15) is 11.8 Å². The third-order valence-electron chi connectivity index (χ3n) is 3.57. The third kappa shape index (κ3) is 1.94. The Morgan fingerprint density at radius 3 is 3.00 bits per heavy atom. The smallest absolute Gasteiger partial charge is 0.128 e. The van der Waals surface area contributed by atoms with E-state index >= 15 is 0 Å². The summed E-state index contributed by atoms with van der Waals surface area (Å²) in [6, 6.07) is 6.87. The molecule has 2 heterocycles. The number of halogens is 1. The van der Waals surface area contributed by atoms with E-state index in [-0.39, 0.29) is 5.38 Å². The molecule has 2 atom stereocenters. The summed E-state index contributed by atoms with van der Waals surface area (Å²) in [6.07, 6.45) is 1.22. The molecule has 0 saturated carbocycles. The summed E-state index contributed by atoms with van der Waals surface area (Å²) in [6.45, 7) is 4.17. The molecule has 1 saturated heterocycles. The van der Waals surface area contributed by atoms with E-state index in [0.29, 0.717) is 6.04 Å². The second-order valence-electron chi connectivity index (χ2n) is 4.92. The van der Waals surface area contributed by atoms with Crippen LogP contribution >= 0.6 is 23.4 Å². The standard InChI is InChI=1S/C14H17ClN2S/c1-9-4-3-5-12-13(9)17(11-6-7-18-8-11)14(16-12)10(2)15/h3-5,10-11H,6-8H2,1-2H3. The number of rotatable bonds is 2. The number of hydrogen-bond acceptors (Lipinski definition) is 2. The molecule has 0 radical (unpaired) electrons. The van der Waals surface area contributed by atoms with Crippen LogP contribution in [0.4, 0.5) is 0 Å². The van der Waals surface area contributed by atoms with Crippen molar-refractivity contribution in [1.29, 1.82) is 0 Å². The average molecular weight is 281 g/mol. The molecule has 0 amide bonds. The van der Waals surface area contributed by atoms with Gasteiger partial charge in [-0.1, -0.05) is 12.1 Å². The molecule has 0 bridgehead atoms. The fourth-order valence-electron chi connectivity index (χ4n) is 2.71. The van der Waals surface area contributed by atoms with Crippen LogP contribution in [-0.2, 0) is 0 Å². The van der Waals surface area contributed by atoms with Gasteiger partial charge < -0.3 is 4.57 Å². The molecule has 1 aromatic heterocycles. The lowest BCUT2D eigenvalue weighted by Gasteiger charge is -2.17. The Morgan fingerprint density at radius 1 is 1.50 bits per heavy atom. The summed E-state index contributed by atoms with van der Waals surface area (Å²) < 4.78 is 2.39. The number of para-hydroxylation sites is 1. The second kappa shape index (κ2) is 4.78. The van der Waals surface area contributed by atoms with Gasteiger partial charge in [0.15, 0.2) is 0 Å². The van der Waals surface area contributed by atoms with Crippen molar-refractivity contribution >= 4 is 34.4 Å². The Kier molecular flexibility index (Phi) is 3.29. The van der Waals surface area contributed by atoms with Crippen molar-refractivity contribution in [1.82, 2.24) is 9.55 Å². The van der Waals surface area contributed by atoms with Gasteiger partial charge in [-0.05, 0) is 37.7 Å². The molecule has 1 aliphatic heterocycles. The first-order valence-corrected chi connectivity index (χ1v) is 7.97. The van der Waals surface area contributed by atoms with Gasteiger partial charge in [0.05, 0.1) is 16.4 Å². The monoisotopic (exact) mass is 280 g/mol. The maximum absolute atomic E-state index is 6.32. The molecule has 1 aromatic carbocycles. The Labute approximate surface area is 117 Å². The lowest BCUT2D eigenvalue weighted by atomic mass is 10.1. The molecule has 1 fully saturated rings. The summed E-state index contributed by atoms with van der Waals surface area (Å²) in [5, 5.41) is -0.0394. The number of alkyl halides is 1. The predicted molar refractivity (Wildman–Crippen MR) is 79.7 cm³/mol. The Morgan fingerprint density at radius 2 is 2.33 bits per heavy atom. The zero-order valence-electron chi connectivity index (χ0n) is 10.7. The van der Waals surface area contributed by atoms with E-state index in [4.69, 9.17) is 16.6 Å². The molecule has 2 unspecified atom stereocenters. The lowest BCUT2D eigenvalue weighted by molar-refractivity contribution is 0.548. The molecule has 3 rings (SSSR count). The van der Waals surface area contributed by atoms with Crippen LogP contribution in [0.5, 0.6) is 0 Å². The quantitative estimate of drug-likeness (QED) is 0.763. The molecule has 0 N–H and O–H groups in total. The molecule has 18 heavy (non-hydrogen) atoms. The number of hydrogen-bond donors (Lipinski definition) is 0. The number of aromatic nitrogens is 2. The zero-order valence-corrected chi connectivity index (χ0v) is 12.3. The SMILES string of the molecule is Cc1cccc2nc(C(C)Cl)n(C3CCSC3)c12. The highest BCUT2D eigenvalue weighted by Crippen LogP contribution is 2.36. The highest BCUT2D eigenvalue weighted by atomic mass is 35.5. The Balaban J connectivity index is 2.26.